The molecule has 2 aliphatic carbocycles. The number of imidazole rings is 5. The van der Waals surface area contributed by atoms with Crippen LogP contribution in [0.1, 0.15) is 193 Å². The number of aliphatic hydroxyl groups is 6. The number of piperidine rings is 5. The van der Waals surface area contributed by atoms with Crippen LogP contribution >= 0.6 is 0 Å². The van der Waals surface area contributed by atoms with E-state index in [1.54, 1.807) is 0 Å². The molecule has 0 bridgehead atoms. The first-order valence-electron chi connectivity index (χ1n) is 49.3. The van der Waals surface area contributed by atoms with Gasteiger partial charge in [-0.25, -0.2) is 24.9 Å². The number of ether oxygens (including phenoxy) is 1. The van der Waals surface area contributed by atoms with Gasteiger partial charge in [-0.05, 0) is 256 Å². The molecule has 2 saturated carbocycles. The van der Waals surface area contributed by atoms with Crippen LogP contribution < -0.4 is 9.80 Å². The maximum atomic E-state index is 11.1. The van der Waals surface area contributed by atoms with Gasteiger partial charge in [0.05, 0.1) is 177 Å². The number of pyridine rings is 1. The highest BCUT2D eigenvalue weighted by molar-refractivity contribution is 5.73. The Bertz CT molecular complexity index is 5560. The molecule has 8 fully saturated rings. The Morgan fingerprint density at radius 1 is 0.267 bits per heavy atom. The van der Waals surface area contributed by atoms with Crippen molar-refractivity contribution in [1.29, 1.82) is 0 Å². The van der Waals surface area contributed by atoms with Crippen LogP contribution in [0.2, 0.25) is 0 Å². The number of anilines is 2. The first-order chi connectivity index (χ1) is 64.4. The third-order valence-electron chi connectivity index (χ3n) is 32.4. The second-order valence-corrected chi connectivity index (χ2v) is 39.7. The van der Waals surface area contributed by atoms with E-state index >= 15 is 0 Å². The molecule has 0 amide bonds. The maximum Gasteiger partial charge on any atom is 0.0956 e. The van der Waals surface area contributed by atoms with Crippen LogP contribution in [0.3, 0.4) is 0 Å². The summed E-state index contributed by atoms with van der Waals surface area (Å²) in [7, 11) is 0. The summed E-state index contributed by atoms with van der Waals surface area (Å²) in [6.45, 7) is 12.5. The molecule has 6 N–H and O–H groups in total. The van der Waals surface area contributed by atoms with Gasteiger partial charge in [0.15, 0.2) is 0 Å². The van der Waals surface area contributed by atoms with Crippen molar-refractivity contribution in [3.05, 3.63) is 267 Å². The van der Waals surface area contributed by atoms with Gasteiger partial charge in [0.2, 0.25) is 0 Å². The van der Waals surface area contributed by atoms with Crippen LogP contribution in [0, 0.1) is 29.6 Å². The molecule has 0 spiro atoms. The highest BCUT2D eigenvalue weighted by Crippen LogP contribution is 2.50. The summed E-state index contributed by atoms with van der Waals surface area (Å²) >= 11 is 0. The van der Waals surface area contributed by atoms with E-state index in [4.69, 9.17) is 4.74 Å². The molecule has 23 nitrogen and oxygen atoms in total. The van der Waals surface area contributed by atoms with Crippen molar-refractivity contribution in [2.24, 2.45) is 29.6 Å². The third kappa shape index (κ3) is 18.5. The van der Waals surface area contributed by atoms with Gasteiger partial charge in [-0.3, -0.25) is 9.88 Å². The lowest BCUT2D eigenvalue weighted by molar-refractivity contribution is -0.0798. The number of hydrogen-bond acceptors (Lipinski definition) is 18. The van der Waals surface area contributed by atoms with Crippen molar-refractivity contribution in [1.82, 2.24) is 67.4 Å². The highest BCUT2D eigenvalue weighted by atomic mass is 16.5. The highest BCUT2D eigenvalue weighted by Gasteiger charge is 2.43. The molecule has 13 aliphatic rings. The Labute approximate surface area is 770 Å². The topological polar surface area (TPSA) is 249 Å². The molecular weight excluding hydrogens is 1630 g/mol. The van der Waals surface area contributed by atoms with E-state index in [2.05, 4.69) is 241 Å². The lowest BCUT2D eigenvalue weighted by Gasteiger charge is -2.42. The predicted molar refractivity (Wildman–Crippen MR) is 511 cm³/mol. The molecule has 684 valence electrons. The Hall–Kier alpha value is -10.3. The lowest BCUT2D eigenvalue weighted by atomic mass is 9.84. The Kier molecular flexibility index (Phi) is 26.3. The van der Waals surface area contributed by atoms with Crippen molar-refractivity contribution in [3.63, 3.8) is 0 Å². The van der Waals surface area contributed by atoms with E-state index < -0.39 is 0 Å². The van der Waals surface area contributed by atoms with E-state index in [-0.39, 0.29) is 66.8 Å². The number of para-hydroxylation sites is 1. The van der Waals surface area contributed by atoms with Gasteiger partial charge in [0, 0.05) is 89.8 Å². The first kappa shape index (κ1) is 87.4. The first-order valence-corrected chi connectivity index (χ1v) is 49.3. The van der Waals surface area contributed by atoms with Crippen LogP contribution in [0.15, 0.2) is 239 Å². The molecule has 17 heterocycles. The minimum absolute atomic E-state index is 0.0852. The minimum atomic E-state index is -0.295. The summed E-state index contributed by atoms with van der Waals surface area (Å²) in [6, 6.07) is 60.5. The van der Waals surface area contributed by atoms with Crippen molar-refractivity contribution in [2.75, 3.05) is 88.5 Å². The zero-order chi connectivity index (χ0) is 88.4. The van der Waals surface area contributed by atoms with E-state index in [0.717, 1.165) is 199 Å². The molecular formula is C108H130N16O7. The van der Waals surface area contributed by atoms with Crippen molar-refractivity contribution in [3.8, 4) is 56.3 Å². The van der Waals surface area contributed by atoms with Gasteiger partial charge >= 0.3 is 0 Å². The molecule has 10 atom stereocenters. The summed E-state index contributed by atoms with van der Waals surface area (Å²) in [6.07, 6.45) is 43.0. The molecule has 10 unspecified atom stereocenters. The summed E-state index contributed by atoms with van der Waals surface area (Å²) in [4.78, 5) is 38.3. The average Bonchev–Trinajstić information content (AvgIpc) is 1.62. The molecule has 23 heteroatoms. The van der Waals surface area contributed by atoms with Gasteiger partial charge in [-0.15, -0.1) is 0 Å². The normalized spacial score (nSPS) is 24.2. The summed E-state index contributed by atoms with van der Waals surface area (Å²) in [5.74, 6) is 1.94. The van der Waals surface area contributed by atoms with Gasteiger partial charge < -0.3 is 77.8 Å². The number of fused-ring (bicyclic) bond motifs is 15. The van der Waals surface area contributed by atoms with Crippen LogP contribution in [-0.2, 0) is 4.74 Å². The number of aromatic nitrogens is 11. The average molecular weight is 1760 g/mol. The monoisotopic (exact) mass is 1760 g/mol. The van der Waals surface area contributed by atoms with Crippen molar-refractivity contribution >= 4 is 11.4 Å². The molecule has 6 saturated heterocycles. The zero-order valence-corrected chi connectivity index (χ0v) is 75.6. The summed E-state index contributed by atoms with van der Waals surface area (Å²) < 4.78 is 16.5. The molecule has 11 aliphatic heterocycles. The molecule has 6 aromatic carbocycles. The predicted octanol–water partition coefficient (Wildman–Crippen LogP) is 16.2. The standard InChI is InChI=1S/C23H31N3O2.C23H25N3O.C22H24N4O.C20H25N3O2.C20H25N3O/c27-18-7-5-17(6-8-18)25-11-9-16(10-12-25)23(28)13-21-19-3-1-2-4-20(19)22-14-24-15-26(21)22;27-23(17-10-12-25(13-11-17)18-6-2-1-3-7-18)14-21-19-8-4-5-9-20(19)22-15-24-16-26(21)22;27-22(16-7-11-25(12-8-16)17-5-9-23-10-6-17)13-20-18-3-1-2-4-19(18)21-14-24-15-26(20)21;24-20(14-5-7-22(8-6-14)15-11-25-12-15)9-18-16-3-1-2-4-17(16)19-10-21-13-23(18)19;24-20(14-7-9-22(10-8-14)15-5-6-15)11-18-16-3-1-2-4-17(16)19-12-21-13-23(18)19/h1-4,14-18,21,23,27-28H,5-13H2;1-9,15-17,21,23,27H,10-14H2;1-6,9-10,14-16,20,22,27H,7-8,11-13H2;1-4,10,13-15,18,20,24H,5-9,11-12H2;1-4,12-15,18,20,24H,5-11H2. The summed E-state index contributed by atoms with van der Waals surface area (Å²) in [5, 5.41) is 64.7. The molecule has 0 radical (unpaired) electrons. The lowest BCUT2D eigenvalue weighted by Crippen LogP contribution is -2.52. The second kappa shape index (κ2) is 39.5. The number of aliphatic hydroxyl groups excluding tert-OH is 6. The van der Waals surface area contributed by atoms with E-state index in [1.807, 2.05) is 75.0 Å². The second-order valence-electron chi connectivity index (χ2n) is 39.7. The van der Waals surface area contributed by atoms with E-state index in [1.165, 1.54) is 116 Å². The van der Waals surface area contributed by atoms with Crippen molar-refractivity contribution in [2.45, 2.75) is 220 Å². The van der Waals surface area contributed by atoms with Crippen molar-refractivity contribution < 1.29 is 35.4 Å². The zero-order valence-electron chi connectivity index (χ0n) is 75.6. The minimum Gasteiger partial charge on any atom is -0.393 e. The maximum absolute atomic E-state index is 11.1. The summed E-state index contributed by atoms with van der Waals surface area (Å²) in [5.41, 5.74) is 21.3. The fourth-order valence-corrected chi connectivity index (χ4v) is 24.6. The number of likely N-dealkylation sites (tertiary alicyclic amines) is 3. The van der Waals surface area contributed by atoms with E-state index in [9.17, 15) is 30.6 Å². The molecule has 6 aromatic heterocycles. The van der Waals surface area contributed by atoms with Gasteiger partial charge in [-0.1, -0.05) is 140 Å². The van der Waals surface area contributed by atoms with Gasteiger partial charge in [0.1, 0.15) is 0 Å². The third-order valence-corrected chi connectivity index (χ3v) is 32.4. The van der Waals surface area contributed by atoms with Crippen LogP contribution in [0.5, 0.6) is 0 Å². The number of benzene rings is 6. The molecule has 25 rings (SSSR count). The smallest absolute Gasteiger partial charge is 0.0956 e. The van der Waals surface area contributed by atoms with E-state index in [0.29, 0.717) is 41.7 Å². The Morgan fingerprint density at radius 3 is 0.779 bits per heavy atom. The Balaban J connectivity index is 0.0000000990. The number of nitrogens with zero attached hydrogens (tertiary/aromatic N) is 16. The molecule has 131 heavy (non-hydrogen) atoms. The fourth-order valence-electron chi connectivity index (χ4n) is 24.6. The number of rotatable bonds is 20. The van der Waals surface area contributed by atoms with Crippen LogP contribution in [0.25, 0.3) is 56.3 Å². The number of hydrogen-bond donors (Lipinski definition) is 6. The Morgan fingerprint density at radius 2 is 0.511 bits per heavy atom. The molecule has 12 aromatic rings. The fraction of sp³-hybridized carbons (Fsp3) is 0.481. The van der Waals surface area contributed by atoms with Gasteiger partial charge in [0.25, 0.3) is 0 Å². The van der Waals surface area contributed by atoms with Gasteiger partial charge in [-0.2, -0.15) is 0 Å². The largest absolute Gasteiger partial charge is 0.393 e. The van der Waals surface area contributed by atoms with Crippen LogP contribution in [0.4, 0.5) is 11.4 Å². The van der Waals surface area contributed by atoms with Crippen LogP contribution in [-0.4, -0.2) is 231 Å². The SMILES string of the molecule is OC(CC1c2ccccc2-c2cncn21)C1CCN(C2CC2)CC1.OC(CC1c2ccccc2-c2cncn21)C1CCN(C2COC2)CC1.OC(CC1c2ccccc2-c2cncn21)C1CCN(c2ccccc2)CC1.OC(CC1c2ccccc2-c2cncn21)C1CCN(c2ccncc2)CC1.OC1CCC(N2CCC(C(O)CC3c4ccccc4-c4cncn43)CC2)CC1. The quantitative estimate of drug-likeness (QED) is 0.0415.